The number of nitrogens with zero attached hydrogens (tertiary/aromatic N) is 1. The van der Waals surface area contributed by atoms with Gasteiger partial charge in [0.25, 0.3) is 0 Å². The fourth-order valence-corrected chi connectivity index (χ4v) is 1.95. The van der Waals surface area contributed by atoms with Crippen molar-refractivity contribution in [2.24, 2.45) is 5.73 Å². The number of aliphatic carboxylic acids is 1. The standard InChI is InChI=1S/C15H22N2O3/c1-15(2,3)17(10-14(19)20)13(18)9-12(16)11-7-5-4-6-8-11/h4-8,12H,9-10,16H2,1-3H3,(H,19,20). The molecule has 0 spiro atoms. The van der Waals surface area contributed by atoms with Gasteiger partial charge in [0.15, 0.2) is 0 Å². The van der Waals surface area contributed by atoms with Crippen LogP contribution < -0.4 is 5.73 Å². The third-order valence-corrected chi connectivity index (χ3v) is 3.03. The SMILES string of the molecule is CC(C)(C)N(CC(=O)O)C(=O)CC(N)c1ccccc1. The van der Waals surface area contributed by atoms with E-state index in [0.29, 0.717) is 0 Å². The zero-order valence-electron chi connectivity index (χ0n) is 12.2. The number of rotatable bonds is 5. The quantitative estimate of drug-likeness (QED) is 0.860. The molecule has 110 valence electrons. The van der Waals surface area contributed by atoms with Crippen molar-refractivity contribution in [1.29, 1.82) is 0 Å². The van der Waals surface area contributed by atoms with Crippen LogP contribution in [-0.4, -0.2) is 34.0 Å². The third-order valence-electron chi connectivity index (χ3n) is 3.03. The monoisotopic (exact) mass is 278 g/mol. The van der Waals surface area contributed by atoms with Gasteiger partial charge in [-0.15, -0.1) is 0 Å². The maximum Gasteiger partial charge on any atom is 0.323 e. The molecule has 3 N–H and O–H groups in total. The van der Waals surface area contributed by atoms with Gasteiger partial charge in [0.1, 0.15) is 6.54 Å². The first kappa shape index (κ1) is 16.2. The molecule has 0 radical (unpaired) electrons. The van der Waals surface area contributed by atoms with Crippen molar-refractivity contribution in [2.45, 2.75) is 38.8 Å². The van der Waals surface area contributed by atoms with Gasteiger partial charge in [-0.3, -0.25) is 9.59 Å². The number of carboxylic acids is 1. The minimum Gasteiger partial charge on any atom is -0.480 e. The Kier molecular flexibility index (Phi) is 5.27. The molecule has 20 heavy (non-hydrogen) atoms. The van der Waals surface area contributed by atoms with Crippen LogP contribution in [0.15, 0.2) is 30.3 Å². The highest BCUT2D eigenvalue weighted by atomic mass is 16.4. The summed E-state index contributed by atoms with van der Waals surface area (Å²) in [5.41, 5.74) is 6.33. The molecule has 1 atom stereocenters. The number of hydrogen-bond donors (Lipinski definition) is 2. The molecule has 0 aliphatic heterocycles. The zero-order valence-corrected chi connectivity index (χ0v) is 12.2. The van der Waals surface area contributed by atoms with E-state index in [1.54, 1.807) is 0 Å². The van der Waals surface area contributed by atoms with Gasteiger partial charge in [0.2, 0.25) is 5.91 Å². The van der Waals surface area contributed by atoms with Crippen molar-refractivity contribution in [1.82, 2.24) is 4.90 Å². The fourth-order valence-electron chi connectivity index (χ4n) is 1.95. The van der Waals surface area contributed by atoms with Crippen LogP contribution in [0.4, 0.5) is 0 Å². The van der Waals surface area contributed by atoms with Crippen LogP contribution in [0.25, 0.3) is 0 Å². The molecule has 0 fully saturated rings. The number of carboxylic acid groups (broad SMARTS) is 1. The summed E-state index contributed by atoms with van der Waals surface area (Å²) < 4.78 is 0. The fraction of sp³-hybridized carbons (Fsp3) is 0.467. The predicted molar refractivity (Wildman–Crippen MR) is 77.1 cm³/mol. The lowest BCUT2D eigenvalue weighted by atomic mass is 10.0. The van der Waals surface area contributed by atoms with E-state index < -0.39 is 17.6 Å². The average molecular weight is 278 g/mol. The minimum atomic E-state index is -1.03. The molecule has 0 bridgehead atoms. The Morgan fingerprint density at radius 2 is 1.80 bits per heavy atom. The zero-order chi connectivity index (χ0) is 15.3. The third kappa shape index (κ3) is 4.66. The molecule has 0 aliphatic carbocycles. The summed E-state index contributed by atoms with van der Waals surface area (Å²) in [6.07, 6.45) is 0.0918. The molecular weight excluding hydrogens is 256 g/mol. The van der Waals surface area contributed by atoms with E-state index in [1.807, 2.05) is 51.1 Å². The molecule has 5 heteroatoms. The van der Waals surface area contributed by atoms with Crippen LogP contribution >= 0.6 is 0 Å². The summed E-state index contributed by atoms with van der Waals surface area (Å²) in [6, 6.07) is 8.89. The van der Waals surface area contributed by atoms with E-state index >= 15 is 0 Å². The summed E-state index contributed by atoms with van der Waals surface area (Å²) in [4.78, 5) is 24.5. The van der Waals surface area contributed by atoms with E-state index in [2.05, 4.69) is 0 Å². The topological polar surface area (TPSA) is 83.6 Å². The van der Waals surface area contributed by atoms with E-state index in [1.165, 1.54) is 4.90 Å². The van der Waals surface area contributed by atoms with Crippen molar-refractivity contribution < 1.29 is 14.7 Å². The number of carbonyl (C=O) groups is 2. The number of amides is 1. The van der Waals surface area contributed by atoms with Crippen molar-refractivity contribution in [3.63, 3.8) is 0 Å². The van der Waals surface area contributed by atoms with Gasteiger partial charge in [0, 0.05) is 18.0 Å². The highest BCUT2D eigenvalue weighted by Gasteiger charge is 2.29. The molecule has 1 unspecified atom stereocenters. The van der Waals surface area contributed by atoms with Crippen LogP contribution in [0.1, 0.15) is 38.8 Å². The van der Waals surface area contributed by atoms with E-state index in [0.717, 1.165) is 5.56 Å². The molecule has 1 aromatic rings. The maximum atomic E-state index is 12.3. The lowest BCUT2D eigenvalue weighted by Crippen LogP contribution is -2.48. The second kappa shape index (κ2) is 6.52. The highest BCUT2D eigenvalue weighted by molar-refractivity contribution is 5.82. The van der Waals surface area contributed by atoms with Crippen molar-refractivity contribution in [3.05, 3.63) is 35.9 Å². The summed E-state index contributed by atoms with van der Waals surface area (Å²) in [5.74, 6) is -1.28. The summed E-state index contributed by atoms with van der Waals surface area (Å²) >= 11 is 0. The number of carbonyl (C=O) groups excluding carboxylic acids is 1. The maximum absolute atomic E-state index is 12.3. The van der Waals surface area contributed by atoms with Gasteiger partial charge in [-0.25, -0.2) is 0 Å². The van der Waals surface area contributed by atoms with Gasteiger partial charge in [-0.1, -0.05) is 30.3 Å². The first-order valence-corrected chi connectivity index (χ1v) is 6.54. The molecular formula is C15H22N2O3. The van der Waals surface area contributed by atoms with Crippen LogP contribution in [0.5, 0.6) is 0 Å². The summed E-state index contributed by atoms with van der Waals surface area (Å²) in [7, 11) is 0. The van der Waals surface area contributed by atoms with Crippen molar-refractivity contribution in [3.8, 4) is 0 Å². The summed E-state index contributed by atoms with van der Waals surface area (Å²) in [5, 5.41) is 8.92. The first-order valence-electron chi connectivity index (χ1n) is 6.54. The molecule has 1 amide bonds. The Morgan fingerprint density at radius 1 is 1.25 bits per heavy atom. The Bertz CT molecular complexity index is 466. The van der Waals surface area contributed by atoms with Crippen molar-refractivity contribution >= 4 is 11.9 Å². The van der Waals surface area contributed by atoms with E-state index in [9.17, 15) is 9.59 Å². The lowest BCUT2D eigenvalue weighted by molar-refractivity contribution is -0.148. The second-order valence-electron chi connectivity index (χ2n) is 5.77. The number of hydrogen-bond acceptors (Lipinski definition) is 3. The molecule has 0 aliphatic rings. The van der Waals surface area contributed by atoms with Gasteiger partial charge in [-0.05, 0) is 26.3 Å². The largest absolute Gasteiger partial charge is 0.480 e. The molecule has 0 saturated heterocycles. The first-order chi connectivity index (χ1) is 9.21. The van der Waals surface area contributed by atoms with Gasteiger partial charge < -0.3 is 15.7 Å². The molecule has 1 rings (SSSR count). The minimum absolute atomic E-state index is 0.0918. The molecule has 0 aromatic heterocycles. The molecule has 0 heterocycles. The van der Waals surface area contributed by atoms with Crippen LogP contribution in [-0.2, 0) is 9.59 Å². The summed E-state index contributed by atoms with van der Waals surface area (Å²) in [6.45, 7) is 5.11. The lowest BCUT2D eigenvalue weighted by Gasteiger charge is -2.35. The van der Waals surface area contributed by atoms with Crippen LogP contribution in [0, 0.1) is 0 Å². The van der Waals surface area contributed by atoms with Crippen LogP contribution in [0.2, 0.25) is 0 Å². The van der Waals surface area contributed by atoms with Crippen LogP contribution in [0.3, 0.4) is 0 Å². The molecule has 1 aromatic carbocycles. The van der Waals surface area contributed by atoms with E-state index in [4.69, 9.17) is 10.8 Å². The molecule has 5 nitrogen and oxygen atoms in total. The van der Waals surface area contributed by atoms with Gasteiger partial charge >= 0.3 is 5.97 Å². The normalized spacial score (nSPS) is 12.8. The number of nitrogens with two attached hydrogens (primary N) is 1. The van der Waals surface area contributed by atoms with Crippen molar-refractivity contribution in [2.75, 3.05) is 6.54 Å². The predicted octanol–water partition coefficient (Wildman–Crippen LogP) is 1.79. The molecule has 0 saturated carbocycles. The number of benzene rings is 1. The highest BCUT2D eigenvalue weighted by Crippen LogP contribution is 2.19. The van der Waals surface area contributed by atoms with E-state index in [-0.39, 0.29) is 18.9 Å². The Hall–Kier alpha value is -1.88. The van der Waals surface area contributed by atoms with Gasteiger partial charge in [0.05, 0.1) is 0 Å². The smallest absolute Gasteiger partial charge is 0.323 e. The Labute approximate surface area is 119 Å². The average Bonchev–Trinajstić information content (AvgIpc) is 2.35. The van der Waals surface area contributed by atoms with Gasteiger partial charge in [-0.2, -0.15) is 0 Å². The Morgan fingerprint density at radius 3 is 2.25 bits per heavy atom. The Balaban J connectivity index is 2.79. The second-order valence-corrected chi connectivity index (χ2v) is 5.77.